The third-order valence-corrected chi connectivity index (χ3v) is 5.96. The van der Waals surface area contributed by atoms with Crippen LogP contribution in [0.5, 0.6) is 5.75 Å². The fraction of sp³-hybridized carbons (Fsp3) is 0.423. The number of hydrogen-bond donors (Lipinski definition) is 2. The van der Waals surface area contributed by atoms with Gasteiger partial charge in [0.05, 0.1) is 11.1 Å². The van der Waals surface area contributed by atoms with Crippen molar-refractivity contribution < 1.29 is 15.0 Å². The second-order valence-electron chi connectivity index (χ2n) is 10.0. The summed E-state index contributed by atoms with van der Waals surface area (Å²) in [4.78, 5) is 26.2. The monoisotopic (exact) mass is 448 g/mol. The van der Waals surface area contributed by atoms with E-state index in [0.29, 0.717) is 44.0 Å². The Labute approximate surface area is 194 Å². The van der Waals surface area contributed by atoms with Gasteiger partial charge in [0.15, 0.2) is 5.82 Å². The number of carbonyl (C=O) groups excluding carboxylic acids is 1. The van der Waals surface area contributed by atoms with E-state index in [1.54, 1.807) is 17.0 Å². The molecule has 0 bridgehead atoms. The number of hydrogen-bond acceptors (Lipinski definition) is 6. The summed E-state index contributed by atoms with van der Waals surface area (Å²) in [6.07, 6.45) is -0.543. The molecule has 0 radical (unpaired) electrons. The molecule has 2 aromatic carbocycles. The van der Waals surface area contributed by atoms with E-state index in [1.807, 2.05) is 58.0 Å². The Kier molecular flexibility index (Phi) is 6.26. The molecule has 0 aliphatic carbocycles. The van der Waals surface area contributed by atoms with Gasteiger partial charge in [0.25, 0.3) is 5.91 Å². The summed E-state index contributed by atoms with van der Waals surface area (Å²) in [7, 11) is 0. The normalized spacial score (nSPS) is 15.7. The number of rotatable bonds is 4. The Hall–Kier alpha value is -3.19. The van der Waals surface area contributed by atoms with Gasteiger partial charge < -0.3 is 20.0 Å². The molecular formula is C26H32N4O3. The molecule has 0 spiro atoms. The van der Waals surface area contributed by atoms with Crippen LogP contribution < -0.4 is 4.90 Å². The minimum atomic E-state index is -0.980. The first-order valence-electron chi connectivity index (χ1n) is 11.4. The zero-order valence-corrected chi connectivity index (χ0v) is 19.7. The van der Waals surface area contributed by atoms with E-state index in [9.17, 15) is 15.0 Å². The van der Waals surface area contributed by atoms with Crippen molar-refractivity contribution >= 4 is 22.6 Å². The van der Waals surface area contributed by atoms with Crippen molar-refractivity contribution in [3.8, 4) is 17.1 Å². The van der Waals surface area contributed by atoms with E-state index in [4.69, 9.17) is 9.97 Å². The van der Waals surface area contributed by atoms with Crippen LogP contribution in [0.4, 0.5) is 5.82 Å². The highest BCUT2D eigenvalue weighted by molar-refractivity contribution is 5.92. The van der Waals surface area contributed by atoms with Crippen LogP contribution in [0.15, 0.2) is 42.5 Å². The van der Waals surface area contributed by atoms with E-state index in [1.165, 1.54) is 0 Å². The predicted molar refractivity (Wildman–Crippen MR) is 130 cm³/mol. The number of piperazine rings is 1. The third kappa shape index (κ3) is 5.09. The van der Waals surface area contributed by atoms with E-state index >= 15 is 0 Å². The maximum atomic E-state index is 12.7. The molecule has 7 heteroatoms. The van der Waals surface area contributed by atoms with Crippen molar-refractivity contribution in [2.24, 2.45) is 5.41 Å². The van der Waals surface area contributed by atoms with Gasteiger partial charge in [0.1, 0.15) is 17.7 Å². The molecule has 1 fully saturated rings. The molecule has 33 heavy (non-hydrogen) atoms. The Morgan fingerprint density at radius 1 is 1.06 bits per heavy atom. The van der Waals surface area contributed by atoms with Gasteiger partial charge in [-0.05, 0) is 48.6 Å². The lowest BCUT2D eigenvalue weighted by molar-refractivity contribution is -0.142. The molecule has 2 N–H and O–H groups in total. The minimum Gasteiger partial charge on any atom is -0.507 e. The summed E-state index contributed by atoms with van der Waals surface area (Å²) in [5, 5.41) is 21.7. The highest BCUT2D eigenvalue weighted by Crippen LogP contribution is 2.32. The van der Waals surface area contributed by atoms with Crippen LogP contribution in [0.25, 0.3) is 22.3 Å². The lowest BCUT2D eigenvalue weighted by Gasteiger charge is -2.37. The average Bonchev–Trinajstić information content (AvgIpc) is 2.77. The predicted octanol–water partition coefficient (Wildman–Crippen LogP) is 3.76. The third-order valence-electron chi connectivity index (χ3n) is 5.96. The van der Waals surface area contributed by atoms with Crippen molar-refractivity contribution in [1.82, 2.24) is 14.9 Å². The van der Waals surface area contributed by atoms with Crippen molar-refractivity contribution in [2.45, 2.75) is 40.2 Å². The second kappa shape index (κ2) is 8.98. The van der Waals surface area contributed by atoms with Crippen LogP contribution in [-0.4, -0.2) is 63.3 Å². The van der Waals surface area contributed by atoms with Gasteiger partial charge in [-0.3, -0.25) is 4.79 Å². The van der Waals surface area contributed by atoms with E-state index in [2.05, 4.69) is 4.90 Å². The minimum absolute atomic E-state index is 0.117. The molecule has 1 aromatic heterocycles. The van der Waals surface area contributed by atoms with Crippen LogP contribution in [0.2, 0.25) is 0 Å². The highest BCUT2D eigenvalue weighted by atomic mass is 16.3. The molecule has 1 atom stereocenters. The SMILES string of the molecule is Cc1ccc2c(N3CCN(C(=O)[C@H](O)CC(C)(C)C)CC3)nc(-c3ccccc3O)nc2c1. The number of aliphatic hydroxyl groups excluding tert-OH is 1. The Bertz CT molecular complexity index is 1160. The quantitative estimate of drug-likeness (QED) is 0.632. The zero-order valence-electron chi connectivity index (χ0n) is 19.7. The molecule has 7 nitrogen and oxygen atoms in total. The molecule has 174 valence electrons. The van der Waals surface area contributed by atoms with Crippen molar-refractivity contribution in [3.05, 3.63) is 48.0 Å². The number of anilines is 1. The first kappa shape index (κ1) is 23.0. The van der Waals surface area contributed by atoms with Gasteiger partial charge >= 0.3 is 0 Å². The van der Waals surface area contributed by atoms with Gasteiger partial charge in [-0.25, -0.2) is 9.97 Å². The van der Waals surface area contributed by atoms with E-state index in [-0.39, 0.29) is 17.1 Å². The number of aliphatic hydroxyl groups is 1. The molecule has 0 saturated carbocycles. The number of aromatic hydroxyl groups is 1. The molecule has 1 aliphatic rings. The van der Waals surface area contributed by atoms with Crippen molar-refractivity contribution in [2.75, 3.05) is 31.1 Å². The van der Waals surface area contributed by atoms with Gasteiger partial charge in [-0.2, -0.15) is 0 Å². The topological polar surface area (TPSA) is 89.8 Å². The number of phenolic OH excluding ortho intramolecular Hbond substituents is 1. The van der Waals surface area contributed by atoms with Crippen LogP contribution in [0, 0.1) is 12.3 Å². The lowest BCUT2D eigenvalue weighted by atomic mass is 9.89. The average molecular weight is 449 g/mol. The second-order valence-corrected chi connectivity index (χ2v) is 10.0. The molecule has 0 unspecified atom stereocenters. The van der Waals surface area contributed by atoms with Crippen LogP contribution in [0.3, 0.4) is 0 Å². The van der Waals surface area contributed by atoms with Gasteiger partial charge in [0.2, 0.25) is 0 Å². The van der Waals surface area contributed by atoms with E-state index < -0.39 is 6.10 Å². The first-order chi connectivity index (χ1) is 15.6. The molecule has 3 aromatic rings. The zero-order chi connectivity index (χ0) is 23.8. The first-order valence-corrected chi connectivity index (χ1v) is 11.4. The number of benzene rings is 2. The maximum absolute atomic E-state index is 12.7. The van der Waals surface area contributed by atoms with Crippen LogP contribution in [0.1, 0.15) is 32.8 Å². The van der Waals surface area contributed by atoms with Crippen LogP contribution in [-0.2, 0) is 4.79 Å². The summed E-state index contributed by atoms with van der Waals surface area (Å²) < 4.78 is 0. The fourth-order valence-corrected chi connectivity index (χ4v) is 4.26. The largest absolute Gasteiger partial charge is 0.507 e. The van der Waals surface area contributed by atoms with Gasteiger partial charge in [-0.1, -0.05) is 39.0 Å². The molecule has 2 heterocycles. The Morgan fingerprint density at radius 3 is 2.42 bits per heavy atom. The summed E-state index contributed by atoms with van der Waals surface area (Å²) >= 11 is 0. The van der Waals surface area contributed by atoms with Gasteiger partial charge in [-0.15, -0.1) is 0 Å². The molecule has 1 saturated heterocycles. The van der Waals surface area contributed by atoms with Crippen LogP contribution >= 0.6 is 0 Å². The lowest BCUT2D eigenvalue weighted by Crippen LogP contribution is -2.52. The number of aromatic nitrogens is 2. The number of nitrogens with zero attached hydrogens (tertiary/aromatic N) is 4. The summed E-state index contributed by atoms with van der Waals surface area (Å²) in [6, 6.07) is 13.2. The van der Waals surface area contributed by atoms with E-state index in [0.717, 1.165) is 22.3 Å². The summed E-state index contributed by atoms with van der Waals surface area (Å²) in [5.41, 5.74) is 2.38. The number of para-hydroxylation sites is 1. The Balaban J connectivity index is 1.61. The number of phenols is 1. The molecule has 4 rings (SSSR count). The van der Waals surface area contributed by atoms with Gasteiger partial charge in [0, 0.05) is 31.6 Å². The van der Waals surface area contributed by atoms with Crippen molar-refractivity contribution in [1.29, 1.82) is 0 Å². The smallest absolute Gasteiger partial charge is 0.251 e. The number of fused-ring (bicyclic) bond motifs is 1. The summed E-state index contributed by atoms with van der Waals surface area (Å²) in [5.74, 6) is 1.20. The standard InChI is InChI=1S/C26H32N4O3/c1-17-9-10-18-20(15-17)27-23(19-7-5-6-8-21(19)31)28-24(18)29-11-13-30(14-12-29)25(33)22(32)16-26(2,3)4/h5-10,15,22,31-32H,11-14,16H2,1-4H3/t22-/m1/s1. The number of aryl methyl sites for hydroxylation is 1. The molecular weight excluding hydrogens is 416 g/mol. The number of carbonyl (C=O) groups is 1. The number of amides is 1. The fourth-order valence-electron chi connectivity index (χ4n) is 4.26. The van der Waals surface area contributed by atoms with Crippen molar-refractivity contribution in [3.63, 3.8) is 0 Å². The molecule has 1 aliphatic heterocycles. The summed E-state index contributed by atoms with van der Waals surface area (Å²) in [6.45, 7) is 10.3. The maximum Gasteiger partial charge on any atom is 0.251 e. The Morgan fingerprint density at radius 2 is 1.76 bits per heavy atom. The molecule has 1 amide bonds. The highest BCUT2D eigenvalue weighted by Gasteiger charge is 2.30.